The van der Waals surface area contributed by atoms with E-state index in [1.807, 2.05) is 19.1 Å². The number of fused-ring (bicyclic) bond motifs is 1. The molecule has 0 bridgehead atoms. The average Bonchev–Trinajstić information content (AvgIpc) is 2.59. The minimum absolute atomic E-state index is 0.0104. The Kier molecular flexibility index (Phi) is 4.95. The van der Waals surface area contributed by atoms with E-state index in [-0.39, 0.29) is 17.4 Å². The third-order valence-electron chi connectivity index (χ3n) is 3.91. The van der Waals surface area contributed by atoms with Crippen LogP contribution in [0, 0.1) is 0 Å². The molecule has 0 unspecified atom stereocenters. The van der Waals surface area contributed by atoms with Crippen molar-refractivity contribution in [1.29, 1.82) is 0 Å². The van der Waals surface area contributed by atoms with E-state index in [9.17, 15) is 22.8 Å². The van der Waals surface area contributed by atoms with Crippen molar-refractivity contribution in [3.8, 4) is 0 Å². The van der Waals surface area contributed by atoms with E-state index in [4.69, 9.17) is 0 Å². The monoisotopic (exact) mass is 380 g/mol. The van der Waals surface area contributed by atoms with Gasteiger partial charge in [-0.2, -0.15) is 13.2 Å². The van der Waals surface area contributed by atoms with Crippen LogP contribution < -0.4 is 11.2 Å². The highest BCUT2D eigenvalue weighted by Gasteiger charge is 2.30. The van der Waals surface area contributed by atoms with Crippen LogP contribution in [0.25, 0.3) is 10.9 Å². The lowest BCUT2D eigenvalue weighted by molar-refractivity contribution is -0.137. The third-order valence-corrected chi connectivity index (χ3v) is 4.91. The van der Waals surface area contributed by atoms with Gasteiger partial charge in [0.2, 0.25) is 0 Å². The van der Waals surface area contributed by atoms with E-state index < -0.39 is 23.0 Å². The Morgan fingerprint density at radius 2 is 1.85 bits per heavy atom. The molecule has 0 fully saturated rings. The van der Waals surface area contributed by atoms with E-state index in [0.717, 1.165) is 39.0 Å². The van der Waals surface area contributed by atoms with Gasteiger partial charge < -0.3 is 4.98 Å². The maximum Gasteiger partial charge on any atom is 0.416 e. The van der Waals surface area contributed by atoms with Gasteiger partial charge in [0.1, 0.15) is 0 Å². The minimum Gasteiger partial charge on any atom is -0.307 e. The van der Waals surface area contributed by atoms with Crippen molar-refractivity contribution < 1.29 is 13.2 Å². The molecule has 0 aliphatic rings. The highest BCUT2D eigenvalue weighted by molar-refractivity contribution is 7.99. The summed E-state index contributed by atoms with van der Waals surface area (Å²) in [5, 5.41) is -0.167. The number of aromatic nitrogens is 2. The molecule has 26 heavy (non-hydrogen) atoms. The van der Waals surface area contributed by atoms with Crippen molar-refractivity contribution in [2.75, 3.05) is 5.75 Å². The second kappa shape index (κ2) is 7.03. The summed E-state index contributed by atoms with van der Waals surface area (Å²) in [6.07, 6.45) is -4.56. The molecule has 3 aromatic rings. The summed E-state index contributed by atoms with van der Waals surface area (Å²) in [6, 6.07) is 10.0. The predicted molar refractivity (Wildman–Crippen MR) is 95.8 cm³/mol. The molecule has 136 valence electrons. The Labute approximate surface area is 150 Å². The Morgan fingerprint density at radius 3 is 2.54 bits per heavy atom. The van der Waals surface area contributed by atoms with Crippen LogP contribution in [0.3, 0.4) is 0 Å². The fourth-order valence-electron chi connectivity index (χ4n) is 2.67. The second-order valence-electron chi connectivity index (χ2n) is 5.62. The number of alkyl halides is 3. The second-order valence-corrected chi connectivity index (χ2v) is 6.93. The fraction of sp³-hybridized carbons (Fsp3) is 0.222. The van der Waals surface area contributed by atoms with Crippen molar-refractivity contribution in [2.45, 2.75) is 24.5 Å². The summed E-state index contributed by atoms with van der Waals surface area (Å²) < 4.78 is 39.7. The first-order valence-corrected chi connectivity index (χ1v) is 8.84. The van der Waals surface area contributed by atoms with Crippen LogP contribution in [0.4, 0.5) is 13.2 Å². The van der Waals surface area contributed by atoms with E-state index >= 15 is 0 Å². The van der Waals surface area contributed by atoms with Gasteiger partial charge in [-0.3, -0.25) is 9.36 Å². The van der Waals surface area contributed by atoms with Gasteiger partial charge in [-0.05, 0) is 35.6 Å². The van der Waals surface area contributed by atoms with E-state index in [2.05, 4.69) is 4.98 Å². The maximum absolute atomic E-state index is 12.9. The van der Waals surface area contributed by atoms with Crippen LogP contribution >= 0.6 is 11.8 Å². The molecule has 0 aliphatic heterocycles. The van der Waals surface area contributed by atoms with Crippen molar-refractivity contribution in [1.82, 2.24) is 9.55 Å². The molecule has 8 heteroatoms. The number of H-pyrrole nitrogens is 1. The summed E-state index contributed by atoms with van der Waals surface area (Å²) in [7, 11) is 0. The molecule has 0 saturated heterocycles. The van der Waals surface area contributed by atoms with Gasteiger partial charge in [0, 0.05) is 4.90 Å². The number of thioether (sulfide) groups is 1. The van der Waals surface area contributed by atoms with E-state index in [0.29, 0.717) is 0 Å². The van der Waals surface area contributed by atoms with Crippen LogP contribution in [0.1, 0.15) is 18.1 Å². The summed E-state index contributed by atoms with van der Waals surface area (Å²) in [5.74, 6) is 0.814. The number of aromatic amines is 1. The summed E-state index contributed by atoms with van der Waals surface area (Å²) in [5.41, 5.74) is -1.48. The predicted octanol–water partition coefficient (Wildman–Crippen LogP) is 3.87. The lowest BCUT2D eigenvalue weighted by atomic mass is 10.1. The molecular weight excluding hydrogens is 365 g/mol. The normalized spacial score (nSPS) is 11.8. The smallest absolute Gasteiger partial charge is 0.307 e. The quantitative estimate of drug-likeness (QED) is 0.699. The number of rotatable bonds is 4. The van der Waals surface area contributed by atoms with Crippen LogP contribution in [0.15, 0.2) is 56.9 Å². The standard InChI is InChI=1S/C18H15F3N2O2S/c1-2-26-15-6-4-3-5-11(15)10-23-16(24)13-9-12(18(19,20)21)7-8-14(13)22-17(23)25/h3-9H,2,10H2,1H3,(H,22,25). The van der Waals surface area contributed by atoms with Crippen molar-refractivity contribution in [3.63, 3.8) is 0 Å². The molecule has 4 nitrogen and oxygen atoms in total. The minimum atomic E-state index is -4.56. The summed E-state index contributed by atoms with van der Waals surface area (Å²) in [6.45, 7) is 1.97. The fourth-order valence-corrected chi connectivity index (χ4v) is 3.48. The largest absolute Gasteiger partial charge is 0.416 e. The Morgan fingerprint density at radius 1 is 1.12 bits per heavy atom. The van der Waals surface area contributed by atoms with Gasteiger partial charge in [0.15, 0.2) is 0 Å². The van der Waals surface area contributed by atoms with E-state index in [1.54, 1.807) is 23.9 Å². The molecule has 0 saturated carbocycles. The molecule has 1 aromatic heterocycles. The van der Waals surface area contributed by atoms with Gasteiger partial charge >= 0.3 is 11.9 Å². The van der Waals surface area contributed by atoms with Crippen LogP contribution in [0.5, 0.6) is 0 Å². The maximum atomic E-state index is 12.9. The Hall–Kier alpha value is -2.48. The molecule has 3 rings (SSSR count). The number of hydrogen-bond donors (Lipinski definition) is 1. The number of nitrogens with one attached hydrogen (secondary N) is 1. The average molecular weight is 380 g/mol. The molecule has 0 atom stereocenters. The first-order chi connectivity index (χ1) is 12.3. The van der Waals surface area contributed by atoms with Crippen LogP contribution in [-0.4, -0.2) is 15.3 Å². The number of nitrogens with zero attached hydrogens (tertiary/aromatic N) is 1. The Balaban J connectivity index is 2.15. The lowest BCUT2D eigenvalue weighted by Gasteiger charge is -2.11. The first-order valence-electron chi connectivity index (χ1n) is 7.86. The highest BCUT2D eigenvalue weighted by atomic mass is 32.2. The molecule has 1 heterocycles. The molecule has 0 aliphatic carbocycles. The molecule has 0 radical (unpaired) electrons. The summed E-state index contributed by atoms with van der Waals surface area (Å²) >= 11 is 1.57. The van der Waals surface area contributed by atoms with Crippen molar-refractivity contribution in [2.24, 2.45) is 0 Å². The number of benzene rings is 2. The SMILES string of the molecule is CCSc1ccccc1Cn1c(=O)[nH]c2ccc(C(F)(F)F)cc2c1=O. The third kappa shape index (κ3) is 3.55. The zero-order valence-electron chi connectivity index (χ0n) is 13.8. The van der Waals surface area contributed by atoms with Crippen molar-refractivity contribution in [3.05, 3.63) is 74.4 Å². The molecule has 0 spiro atoms. The van der Waals surface area contributed by atoms with Crippen LogP contribution in [-0.2, 0) is 12.7 Å². The van der Waals surface area contributed by atoms with Gasteiger partial charge in [0.25, 0.3) is 5.56 Å². The zero-order chi connectivity index (χ0) is 18.9. The molecule has 2 aromatic carbocycles. The van der Waals surface area contributed by atoms with Gasteiger partial charge in [-0.25, -0.2) is 4.79 Å². The molecule has 0 amide bonds. The van der Waals surface area contributed by atoms with Gasteiger partial charge in [0.05, 0.1) is 23.0 Å². The van der Waals surface area contributed by atoms with E-state index in [1.165, 1.54) is 0 Å². The summed E-state index contributed by atoms with van der Waals surface area (Å²) in [4.78, 5) is 28.4. The van der Waals surface area contributed by atoms with Gasteiger partial charge in [-0.1, -0.05) is 25.1 Å². The zero-order valence-corrected chi connectivity index (χ0v) is 14.6. The molecular formula is C18H15F3N2O2S. The van der Waals surface area contributed by atoms with Gasteiger partial charge in [-0.15, -0.1) is 11.8 Å². The van der Waals surface area contributed by atoms with Crippen molar-refractivity contribution >= 4 is 22.7 Å². The van der Waals surface area contributed by atoms with Crippen LogP contribution in [0.2, 0.25) is 0 Å². The number of hydrogen-bond acceptors (Lipinski definition) is 3. The Bertz CT molecular complexity index is 1070. The first kappa shape index (κ1) is 18.3. The lowest BCUT2D eigenvalue weighted by Crippen LogP contribution is -2.35. The topological polar surface area (TPSA) is 54.9 Å². The molecule has 1 N–H and O–H groups in total. The highest BCUT2D eigenvalue weighted by Crippen LogP contribution is 2.30. The number of halogens is 3.